The van der Waals surface area contributed by atoms with Crippen LogP contribution in [0.15, 0.2) is 83.8 Å². The molecule has 0 aliphatic carbocycles. The molecule has 0 aromatic heterocycles. The molecule has 5 nitrogen and oxygen atoms in total. The van der Waals surface area contributed by atoms with Gasteiger partial charge in [0.15, 0.2) is 9.84 Å². The number of carbonyl (C=O) groups is 1. The fourth-order valence-corrected chi connectivity index (χ4v) is 3.59. The van der Waals surface area contributed by atoms with Crippen LogP contribution in [0.25, 0.3) is 0 Å². The molecular weight excluding hydrogens is 374 g/mol. The van der Waals surface area contributed by atoms with E-state index in [2.05, 4.69) is 5.32 Å². The number of hydrogen-bond donors (Lipinski definition) is 1. The normalized spacial score (nSPS) is 11.0. The minimum Gasteiger partial charge on any atom is -0.489 e. The summed E-state index contributed by atoms with van der Waals surface area (Å²) in [6.07, 6.45) is 1.09. The minimum atomic E-state index is -3.47. The Morgan fingerprint density at radius 2 is 1.50 bits per heavy atom. The number of sulfone groups is 1. The zero-order valence-electron chi connectivity index (χ0n) is 15.5. The fourth-order valence-electron chi connectivity index (χ4n) is 2.70. The van der Waals surface area contributed by atoms with E-state index in [0.29, 0.717) is 6.61 Å². The minimum absolute atomic E-state index is 0.0251. The summed E-state index contributed by atoms with van der Waals surface area (Å²) in [5.74, 6) is 0.312. The van der Waals surface area contributed by atoms with Gasteiger partial charge in [0.25, 0.3) is 5.91 Å². The molecule has 6 heteroatoms. The van der Waals surface area contributed by atoms with Crippen molar-refractivity contribution in [3.63, 3.8) is 0 Å². The maximum atomic E-state index is 12.4. The zero-order valence-corrected chi connectivity index (χ0v) is 16.3. The van der Waals surface area contributed by atoms with Crippen molar-refractivity contribution in [2.45, 2.75) is 18.0 Å². The van der Waals surface area contributed by atoms with Gasteiger partial charge in [-0.15, -0.1) is 0 Å². The monoisotopic (exact) mass is 395 g/mol. The molecule has 0 radical (unpaired) electrons. The van der Waals surface area contributed by atoms with Crippen molar-refractivity contribution in [1.82, 2.24) is 5.32 Å². The lowest BCUT2D eigenvalue weighted by Gasteiger charge is -2.10. The standard InChI is InChI=1S/C22H21NO4S/c1-28(25,26)21-10-6-5-9-20(21)22(24)23-15-17-11-13-19(14-12-17)27-16-18-7-3-2-4-8-18/h2-14H,15-16H2,1H3,(H,23,24). The van der Waals surface area contributed by atoms with Crippen molar-refractivity contribution in [2.75, 3.05) is 6.26 Å². The van der Waals surface area contributed by atoms with Gasteiger partial charge in [-0.05, 0) is 35.4 Å². The van der Waals surface area contributed by atoms with Gasteiger partial charge in [0.1, 0.15) is 12.4 Å². The summed E-state index contributed by atoms with van der Waals surface area (Å²) >= 11 is 0. The number of rotatable bonds is 7. The topological polar surface area (TPSA) is 72.5 Å². The highest BCUT2D eigenvalue weighted by Crippen LogP contribution is 2.17. The van der Waals surface area contributed by atoms with Crippen LogP contribution in [0.4, 0.5) is 0 Å². The second-order valence-electron chi connectivity index (χ2n) is 6.37. The number of hydrogen-bond acceptors (Lipinski definition) is 4. The molecule has 0 unspecified atom stereocenters. The Balaban J connectivity index is 1.59. The number of amides is 1. The summed E-state index contributed by atoms with van der Waals surface area (Å²) in [5.41, 5.74) is 2.12. The predicted octanol–water partition coefficient (Wildman–Crippen LogP) is 3.60. The van der Waals surface area contributed by atoms with Crippen LogP contribution in [0.1, 0.15) is 21.5 Å². The molecule has 3 rings (SSSR count). The van der Waals surface area contributed by atoms with Gasteiger partial charge in [-0.25, -0.2) is 8.42 Å². The maximum absolute atomic E-state index is 12.4. The Labute approximate surface area is 164 Å². The maximum Gasteiger partial charge on any atom is 0.252 e. The second kappa shape index (κ2) is 8.71. The van der Waals surface area contributed by atoms with E-state index >= 15 is 0 Å². The lowest BCUT2D eigenvalue weighted by molar-refractivity contribution is 0.0947. The first-order valence-corrected chi connectivity index (χ1v) is 10.7. The molecule has 3 aromatic rings. The number of benzene rings is 3. The van der Waals surface area contributed by atoms with Crippen molar-refractivity contribution in [1.29, 1.82) is 0 Å². The molecule has 0 heterocycles. The molecule has 144 valence electrons. The molecule has 1 N–H and O–H groups in total. The predicted molar refractivity (Wildman–Crippen MR) is 108 cm³/mol. The van der Waals surface area contributed by atoms with E-state index < -0.39 is 15.7 Å². The molecule has 0 atom stereocenters. The molecular formula is C22H21NO4S. The van der Waals surface area contributed by atoms with Gasteiger partial charge >= 0.3 is 0 Å². The van der Waals surface area contributed by atoms with Gasteiger partial charge in [0.2, 0.25) is 0 Å². The summed E-state index contributed by atoms with van der Waals surface area (Å²) in [6.45, 7) is 0.773. The lowest BCUT2D eigenvalue weighted by Crippen LogP contribution is -2.24. The Bertz CT molecular complexity index is 1050. The Morgan fingerprint density at radius 3 is 2.18 bits per heavy atom. The lowest BCUT2D eigenvalue weighted by atomic mass is 10.2. The highest BCUT2D eigenvalue weighted by atomic mass is 32.2. The van der Waals surface area contributed by atoms with Crippen molar-refractivity contribution in [3.8, 4) is 5.75 Å². The summed E-state index contributed by atoms with van der Waals surface area (Å²) in [7, 11) is -3.47. The van der Waals surface area contributed by atoms with Crippen LogP contribution in [0, 0.1) is 0 Å². The van der Waals surface area contributed by atoms with Crippen molar-refractivity contribution < 1.29 is 17.9 Å². The van der Waals surface area contributed by atoms with E-state index in [-0.39, 0.29) is 17.0 Å². The molecule has 0 saturated heterocycles. The molecule has 0 bridgehead atoms. The molecule has 0 aliphatic rings. The summed E-state index contributed by atoms with van der Waals surface area (Å²) < 4.78 is 29.4. The largest absolute Gasteiger partial charge is 0.489 e. The van der Waals surface area contributed by atoms with Gasteiger partial charge in [-0.3, -0.25) is 4.79 Å². The van der Waals surface area contributed by atoms with E-state index in [9.17, 15) is 13.2 Å². The van der Waals surface area contributed by atoms with Gasteiger partial charge in [-0.1, -0.05) is 54.6 Å². The summed E-state index contributed by atoms with van der Waals surface area (Å²) in [5, 5.41) is 2.76. The molecule has 0 fully saturated rings. The first-order chi connectivity index (χ1) is 13.4. The van der Waals surface area contributed by atoms with Crippen LogP contribution in [0.3, 0.4) is 0 Å². The Kier molecular flexibility index (Phi) is 6.11. The van der Waals surface area contributed by atoms with Crippen LogP contribution in [-0.2, 0) is 23.0 Å². The quantitative estimate of drug-likeness (QED) is 0.663. The molecule has 1 amide bonds. The zero-order chi connectivity index (χ0) is 20.0. The number of ether oxygens (including phenoxy) is 1. The van der Waals surface area contributed by atoms with Gasteiger partial charge in [0, 0.05) is 12.8 Å². The van der Waals surface area contributed by atoms with Crippen LogP contribution in [-0.4, -0.2) is 20.6 Å². The van der Waals surface area contributed by atoms with Gasteiger partial charge < -0.3 is 10.1 Å². The molecule has 28 heavy (non-hydrogen) atoms. The smallest absolute Gasteiger partial charge is 0.252 e. The van der Waals surface area contributed by atoms with Crippen LogP contribution in [0.2, 0.25) is 0 Å². The van der Waals surface area contributed by atoms with Crippen molar-refractivity contribution in [3.05, 3.63) is 95.6 Å². The average Bonchev–Trinajstić information content (AvgIpc) is 2.71. The number of carbonyl (C=O) groups excluding carboxylic acids is 1. The van der Waals surface area contributed by atoms with Crippen LogP contribution < -0.4 is 10.1 Å². The van der Waals surface area contributed by atoms with Crippen molar-refractivity contribution in [2.24, 2.45) is 0 Å². The van der Waals surface area contributed by atoms with E-state index in [1.807, 2.05) is 54.6 Å². The molecule has 0 aliphatic heterocycles. The van der Waals surface area contributed by atoms with Crippen LogP contribution >= 0.6 is 0 Å². The average molecular weight is 395 g/mol. The third kappa shape index (κ3) is 5.20. The third-order valence-electron chi connectivity index (χ3n) is 4.16. The summed E-state index contributed by atoms with van der Waals surface area (Å²) in [6, 6.07) is 23.5. The summed E-state index contributed by atoms with van der Waals surface area (Å²) in [4.78, 5) is 12.4. The first kappa shape index (κ1) is 19.6. The first-order valence-electron chi connectivity index (χ1n) is 8.76. The van der Waals surface area contributed by atoms with E-state index in [1.165, 1.54) is 12.1 Å². The van der Waals surface area contributed by atoms with E-state index in [4.69, 9.17) is 4.74 Å². The van der Waals surface area contributed by atoms with E-state index in [0.717, 1.165) is 23.1 Å². The van der Waals surface area contributed by atoms with Crippen molar-refractivity contribution >= 4 is 15.7 Å². The second-order valence-corrected chi connectivity index (χ2v) is 8.35. The Morgan fingerprint density at radius 1 is 0.857 bits per heavy atom. The fraction of sp³-hybridized carbons (Fsp3) is 0.136. The molecule has 3 aromatic carbocycles. The number of nitrogens with one attached hydrogen (secondary N) is 1. The Hall–Kier alpha value is -3.12. The highest BCUT2D eigenvalue weighted by molar-refractivity contribution is 7.90. The van der Waals surface area contributed by atoms with E-state index in [1.54, 1.807) is 12.1 Å². The molecule has 0 spiro atoms. The van der Waals surface area contributed by atoms with Gasteiger partial charge in [-0.2, -0.15) is 0 Å². The van der Waals surface area contributed by atoms with Crippen LogP contribution in [0.5, 0.6) is 5.75 Å². The third-order valence-corrected chi connectivity index (χ3v) is 5.31. The molecule has 0 saturated carbocycles. The highest BCUT2D eigenvalue weighted by Gasteiger charge is 2.17. The SMILES string of the molecule is CS(=O)(=O)c1ccccc1C(=O)NCc1ccc(OCc2ccccc2)cc1. The van der Waals surface area contributed by atoms with Gasteiger partial charge in [0.05, 0.1) is 10.5 Å².